The van der Waals surface area contributed by atoms with Crippen molar-refractivity contribution >= 4 is 5.91 Å². The fraction of sp³-hybridized carbons (Fsp3) is 0.615. The molecule has 0 aliphatic carbocycles. The highest BCUT2D eigenvalue weighted by Crippen LogP contribution is 2.04. The molecule has 0 saturated carbocycles. The third-order valence-corrected chi connectivity index (χ3v) is 2.46. The molecule has 0 unspecified atom stereocenters. The molecule has 1 aromatic heterocycles. The normalized spacial score (nSPS) is 10.7. The van der Waals surface area contributed by atoms with E-state index >= 15 is 0 Å². The molecule has 0 atom stereocenters. The van der Waals surface area contributed by atoms with Crippen LogP contribution in [0, 0.1) is 5.92 Å². The summed E-state index contributed by atoms with van der Waals surface area (Å²) in [4.78, 5) is 11.4. The van der Waals surface area contributed by atoms with Crippen molar-refractivity contribution in [3.8, 4) is 0 Å². The van der Waals surface area contributed by atoms with E-state index in [2.05, 4.69) is 19.2 Å². The third kappa shape index (κ3) is 5.59. The first-order chi connectivity index (χ1) is 7.68. The van der Waals surface area contributed by atoms with E-state index in [0.717, 1.165) is 18.7 Å². The zero-order valence-electron chi connectivity index (χ0n) is 10.2. The van der Waals surface area contributed by atoms with Gasteiger partial charge in [-0.05, 0) is 30.9 Å². The minimum Gasteiger partial charge on any atom is -0.469 e. The van der Waals surface area contributed by atoms with Gasteiger partial charge in [0, 0.05) is 19.4 Å². The van der Waals surface area contributed by atoms with Crippen LogP contribution in [0.4, 0.5) is 0 Å². The largest absolute Gasteiger partial charge is 0.469 e. The van der Waals surface area contributed by atoms with Crippen LogP contribution in [0.1, 0.15) is 38.9 Å². The van der Waals surface area contributed by atoms with E-state index in [1.54, 1.807) is 6.26 Å². The second-order valence-corrected chi connectivity index (χ2v) is 4.47. The van der Waals surface area contributed by atoms with Gasteiger partial charge in [0.15, 0.2) is 0 Å². The van der Waals surface area contributed by atoms with Gasteiger partial charge in [-0.25, -0.2) is 0 Å². The van der Waals surface area contributed by atoms with Gasteiger partial charge < -0.3 is 9.73 Å². The molecule has 0 fully saturated rings. The highest BCUT2D eigenvalue weighted by Gasteiger charge is 2.03. The van der Waals surface area contributed by atoms with Gasteiger partial charge in [-0.15, -0.1) is 0 Å². The Balaban J connectivity index is 2.03. The number of hydrogen-bond acceptors (Lipinski definition) is 2. The van der Waals surface area contributed by atoms with Gasteiger partial charge in [0.25, 0.3) is 0 Å². The summed E-state index contributed by atoms with van der Waals surface area (Å²) in [6, 6.07) is 3.74. The SMILES string of the molecule is CC(C)CCCNC(=O)CCc1ccco1. The van der Waals surface area contributed by atoms with Crippen LogP contribution >= 0.6 is 0 Å². The molecular weight excluding hydrogens is 202 g/mol. The monoisotopic (exact) mass is 223 g/mol. The van der Waals surface area contributed by atoms with E-state index in [-0.39, 0.29) is 5.91 Å². The molecule has 3 nitrogen and oxygen atoms in total. The number of amides is 1. The average Bonchev–Trinajstić information content (AvgIpc) is 2.74. The minimum absolute atomic E-state index is 0.111. The first kappa shape index (κ1) is 12.8. The Kier molecular flexibility index (Phi) is 5.68. The lowest BCUT2D eigenvalue weighted by Crippen LogP contribution is -2.24. The van der Waals surface area contributed by atoms with E-state index < -0.39 is 0 Å². The summed E-state index contributed by atoms with van der Waals surface area (Å²) in [5, 5.41) is 2.92. The van der Waals surface area contributed by atoms with Crippen molar-refractivity contribution in [2.45, 2.75) is 39.5 Å². The molecule has 1 aromatic rings. The molecule has 0 radical (unpaired) electrons. The number of nitrogens with one attached hydrogen (secondary N) is 1. The predicted octanol–water partition coefficient (Wildman–Crippen LogP) is 2.76. The zero-order valence-corrected chi connectivity index (χ0v) is 10.2. The molecule has 1 N–H and O–H groups in total. The number of carbonyl (C=O) groups is 1. The van der Waals surface area contributed by atoms with Crippen molar-refractivity contribution in [1.82, 2.24) is 5.32 Å². The molecule has 1 amide bonds. The summed E-state index contributed by atoms with van der Waals surface area (Å²) in [5.74, 6) is 1.69. The van der Waals surface area contributed by atoms with E-state index in [0.29, 0.717) is 18.8 Å². The van der Waals surface area contributed by atoms with Crippen LogP contribution in [0.2, 0.25) is 0 Å². The Morgan fingerprint density at radius 2 is 2.31 bits per heavy atom. The smallest absolute Gasteiger partial charge is 0.220 e. The molecule has 0 aliphatic rings. The van der Waals surface area contributed by atoms with Crippen molar-refractivity contribution in [1.29, 1.82) is 0 Å². The van der Waals surface area contributed by atoms with Gasteiger partial charge in [-0.1, -0.05) is 13.8 Å². The lowest BCUT2D eigenvalue weighted by atomic mass is 10.1. The Bertz CT molecular complexity index is 291. The fourth-order valence-corrected chi connectivity index (χ4v) is 1.52. The summed E-state index contributed by atoms with van der Waals surface area (Å²) in [6.45, 7) is 5.17. The highest BCUT2D eigenvalue weighted by molar-refractivity contribution is 5.75. The maximum Gasteiger partial charge on any atom is 0.220 e. The summed E-state index contributed by atoms with van der Waals surface area (Å²) in [5.41, 5.74) is 0. The Morgan fingerprint density at radius 1 is 1.50 bits per heavy atom. The Hall–Kier alpha value is -1.25. The zero-order chi connectivity index (χ0) is 11.8. The van der Waals surface area contributed by atoms with Crippen molar-refractivity contribution in [2.24, 2.45) is 5.92 Å². The van der Waals surface area contributed by atoms with Gasteiger partial charge in [-0.2, -0.15) is 0 Å². The molecule has 0 aliphatic heterocycles. The standard InChI is InChI=1S/C13H21NO2/c1-11(2)5-3-9-14-13(15)8-7-12-6-4-10-16-12/h4,6,10-11H,3,5,7-9H2,1-2H3,(H,14,15). The van der Waals surface area contributed by atoms with Crippen molar-refractivity contribution < 1.29 is 9.21 Å². The van der Waals surface area contributed by atoms with E-state index in [9.17, 15) is 4.79 Å². The third-order valence-electron chi connectivity index (χ3n) is 2.46. The molecule has 1 rings (SSSR count). The summed E-state index contributed by atoms with van der Waals surface area (Å²) >= 11 is 0. The average molecular weight is 223 g/mol. The highest BCUT2D eigenvalue weighted by atomic mass is 16.3. The molecule has 3 heteroatoms. The van der Waals surface area contributed by atoms with Crippen molar-refractivity contribution in [3.05, 3.63) is 24.2 Å². The first-order valence-electron chi connectivity index (χ1n) is 5.97. The summed E-state index contributed by atoms with van der Waals surface area (Å²) < 4.78 is 5.16. The Labute approximate surface area is 97.2 Å². The van der Waals surface area contributed by atoms with Crippen molar-refractivity contribution in [3.63, 3.8) is 0 Å². The van der Waals surface area contributed by atoms with Crippen LogP contribution in [0.3, 0.4) is 0 Å². The van der Waals surface area contributed by atoms with Gasteiger partial charge in [-0.3, -0.25) is 4.79 Å². The number of aryl methyl sites for hydroxylation is 1. The lowest BCUT2D eigenvalue weighted by Gasteiger charge is -2.06. The first-order valence-corrected chi connectivity index (χ1v) is 5.97. The van der Waals surface area contributed by atoms with Crippen LogP contribution in [0.5, 0.6) is 0 Å². The number of furan rings is 1. The summed E-state index contributed by atoms with van der Waals surface area (Å²) in [6.07, 6.45) is 5.05. The number of rotatable bonds is 7. The van der Waals surface area contributed by atoms with E-state index in [1.807, 2.05) is 12.1 Å². The van der Waals surface area contributed by atoms with Gasteiger partial charge in [0.2, 0.25) is 5.91 Å². The van der Waals surface area contributed by atoms with Crippen LogP contribution in [-0.4, -0.2) is 12.5 Å². The van der Waals surface area contributed by atoms with E-state index in [4.69, 9.17) is 4.42 Å². The second-order valence-electron chi connectivity index (χ2n) is 4.47. The Morgan fingerprint density at radius 3 is 2.94 bits per heavy atom. The molecule has 16 heavy (non-hydrogen) atoms. The van der Waals surface area contributed by atoms with Gasteiger partial charge in [0.05, 0.1) is 6.26 Å². The molecule has 0 spiro atoms. The predicted molar refractivity (Wildman–Crippen MR) is 64.1 cm³/mol. The maximum atomic E-state index is 11.4. The van der Waals surface area contributed by atoms with E-state index in [1.165, 1.54) is 6.42 Å². The van der Waals surface area contributed by atoms with Crippen LogP contribution < -0.4 is 5.32 Å². The molecule has 0 saturated heterocycles. The van der Waals surface area contributed by atoms with Crippen LogP contribution in [-0.2, 0) is 11.2 Å². The van der Waals surface area contributed by atoms with Crippen LogP contribution in [0.15, 0.2) is 22.8 Å². The summed E-state index contributed by atoms with van der Waals surface area (Å²) in [7, 11) is 0. The molecule has 1 heterocycles. The van der Waals surface area contributed by atoms with Gasteiger partial charge in [0.1, 0.15) is 5.76 Å². The molecular formula is C13H21NO2. The molecule has 90 valence electrons. The lowest BCUT2D eigenvalue weighted by molar-refractivity contribution is -0.121. The quantitative estimate of drug-likeness (QED) is 0.722. The molecule has 0 bridgehead atoms. The molecule has 0 aromatic carbocycles. The van der Waals surface area contributed by atoms with Gasteiger partial charge >= 0.3 is 0 Å². The van der Waals surface area contributed by atoms with Crippen molar-refractivity contribution in [2.75, 3.05) is 6.54 Å². The minimum atomic E-state index is 0.111. The number of carbonyl (C=O) groups excluding carboxylic acids is 1. The fourth-order valence-electron chi connectivity index (χ4n) is 1.52. The van der Waals surface area contributed by atoms with Crippen LogP contribution in [0.25, 0.3) is 0 Å². The topological polar surface area (TPSA) is 42.2 Å². The second kappa shape index (κ2) is 7.09. The maximum absolute atomic E-state index is 11.4. The number of hydrogen-bond donors (Lipinski definition) is 1.